The van der Waals surface area contributed by atoms with E-state index in [1.54, 1.807) is 30.5 Å². The predicted octanol–water partition coefficient (Wildman–Crippen LogP) is 4.34. The minimum atomic E-state index is -1.04. The molecule has 0 radical (unpaired) electrons. The number of Topliss-reactive ketones (excluding diaryl/α,β-unsaturated/α-hetero) is 1. The third-order valence-electron chi connectivity index (χ3n) is 4.34. The summed E-state index contributed by atoms with van der Waals surface area (Å²) in [4.78, 5) is 32.8. The van der Waals surface area contributed by atoms with Crippen LogP contribution in [-0.2, 0) is 4.74 Å². The Bertz CT molecular complexity index is 1090. The average molecular weight is 356 g/mol. The van der Waals surface area contributed by atoms with Gasteiger partial charge in [-0.2, -0.15) is 0 Å². The number of pyridine rings is 1. The molecule has 4 aromatic rings. The fourth-order valence-electron chi connectivity index (χ4n) is 2.98. The second-order valence-corrected chi connectivity index (χ2v) is 6.04. The Morgan fingerprint density at radius 1 is 0.889 bits per heavy atom. The van der Waals surface area contributed by atoms with E-state index in [1.807, 2.05) is 42.5 Å². The van der Waals surface area contributed by atoms with Gasteiger partial charge in [-0.1, -0.05) is 48.5 Å². The van der Waals surface area contributed by atoms with E-state index in [0.29, 0.717) is 16.7 Å². The molecule has 2 aromatic carbocycles. The zero-order valence-electron chi connectivity index (χ0n) is 14.3. The molecule has 2 heterocycles. The van der Waals surface area contributed by atoms with Crippen LogP contribution in [-0.4, -0.2) is 21.7 Å². The fraction of sp³-hybridized carbons (Fsp3) is 0.0455. The van der Waals surface area contributed by atoms with Gasteiger partial charge in [0.2, 0.25) is 5.78 Å². The minimum Gasteiger partial charge on any atom is -0.445 e. The zero-order chi connectivity index (χ0) is 18.6. The summed E-state index contributed by atoms with van der Waals surface area (Å²) in [6.45, 7) is 0. The van der Waals surface area contributed by atoms with Crippen molar-refractivity contribution in [2.75, 3.05) is 0 Å². The Hall–Kier alpha value is -3.73. The van der Waals surface area contributed by atoms with E-state index in [9.17, 15) is 9.59 Å². The third-order valence-corrected chi connectivity index (χ3v) is 4.34. The zero-order valence-corrected chi connectivity index (χ0v) is 14.3. The van der Waals surface area contributed by atoms with E-state index < -0.39 is 12.1 Å². The van der Waals surface area contributed by atoms with Gasteiger partial charge in [-0.15, -0.1) is 0 Å². The molecule has 0 aliphatic rings. The molecule has 2 aromatic heterocycles. The Morgan fingerprint density at radius 3 is 2.37 bits per heavy atom. The molecule has 1 N–H and O–H groups in total. The highest BCUT2D eigenvalue weighted by atomic mass is 16.5. The molecule has 0 unspecified atom stereocenters. The number of benzene rings is 2. The number of aromatic nitrogens is 2. The number of carbonyl (C=O) groups is 2. The van der Waals surface area contributed by atoms with Crippen LogP contribution in [0.15, 0.2) is 85.3 Å². The van der Waals surface area contributed by atoms with E-state index >= 15 is 0 Å². The molecular weight excluding hydrogens is 340 g/mol. The van der Waals surface area contributed by atoms with Crippen LogP contribution < -0.4 is 0 Å². The monoisotopic (exact) mass is 356 g/mol. The number of nitrogens with zero attached hydrogens (tertiary/aromatic N) is 1. The molecule has 5 nitrogen and oxygen atoms in total. The molecule has 0 amide bonds. The van der Waals surface area contributed by atoms with Crippen LogP contribution in [0.1, 0.15) is 32.4 Å². The minimum absolute atomic E-state index is 0.277. The summed E-state index contributed by atoms with van der Waals surface area (Å²) < 4.78 is 5.63. The number of carbonyl (C=O) groups excluding carboxylic acids is 2. The highest BCUT2D eigenvalue weighted by Gasteiger charge is 2.28. The smallest absolute Gasteiger partial charge is 0.339 e. The van der Waals surface area contributed by atoms with Crippen LogP contribution in [0.5, 0.6) is 0 Å². The van der Waals surface area contributed by atoms with Crippen molar-refractivity contribution in [3.8, 4) is 0 Å². The largest absolute Gasteiger partial charge is 0.445 e. The third kappa shape index (κ3) is 3.35. The molecule has 0 fully saturated rings. The first-order chi connectivity index (χ1) is 13.2. The average Bonchev–Trinajstić information content (AvgIpc) is 3.17. The topological polar surface area (TPSA) is 72.1 Å². The fourth-order valence-corrected chi connectivity index (χ4v) is 2.98. The summed E-state index contributed by atoms with van der Waals surface area (Å²) in [6, 6.07) is 19.7. The number of aromatic amines is 1. The van der Waals surface area contributed by atoms with E-state index in [2.05, 4.69) is 9.97 Å². The quantitative estimate of drug-likeness (QED) is 0.426. The lowest BCUT2D eigenvalue weighted by molar-refractivity contribution is 0.0280. The van der Waals surface area contributed by atoms with Crippen molar-refractivity contribution in [3.05, 3.63) is 102 Å². The van der Waals surface area contributed by atoms with Gasteiger partial charge in [0.15, 0.2) is 6.10 Å². The number of hydrogen-bond acceptors (Lipinski definition) is 4. The van der Waals surface area contributed by atoms with E-state index in [1.165, 1.54) is 12.4 Å². The number of nitrogens with one attached hydrogen (secondary N) is 1. The SMILES string of the molecule is O=C(O[C@H](C(=O)c1c[nH]c2ccccc12)c1ccccc1)c1ccncc1. The summed E-state index contributed by atoms with van der Waals surface area (Å²) in [6.07, 6.45) is 3.64. The molecule has 1 atom stereocenters. The Kier molecular flexibility index (Phi) is 4.49. The number of esters is 1. The molecule has 27 heavy (non-hydrogen) atoms. The molecule has 132 valence electrons. The van der Waals surface area contributed by atoms with Crippen LogP contribution in [0.25, 0.3) is 10.9 Å². The predicted molar refractivity (Wildman–Crippen MR) is 101 cm³/mol. The van der Waals surface area contributed by atoms with Gasteiger partial charge in [0.25, 0.3) is 0 Å². The number of ketones is 1. The van der Waals surface area contributed by atoms with Crippen molar-refractivity contribution in [1.29, 1.82) is 0 Å². The van der Waals surface area contributed by atoms with Gasteiger partial charge in [0.05, 0.1) is 5.56 Å². The molecule has 4 rings (SSSR count). The van der Waals surface area contributed by atoms with Crippen LogP contribution in [0.3, 0.4) is 0 Å². The Balaban J connectivity index is 1.72. The van der Waals surface area contributed by atoms with Crippen molar-refractivity contribution in [2.45, 2.75) is 6.10 Å². The lowest BCUT2D eigenvalue weighted by Crippen LogP contribution is -2.20. The highest BCUT2D eigenvalue weighted by Crippen LogP contribution is 2.28. The van der Waals surface area contributed by atoms with Crippen molar-refractivity contribution in [2.24, 2.45) is 0 Å². The number of H-pyrrole nitrogens is 1. The van der Waals surface area contributed by atoms with E-state index in [0.717, 1.165) is 10.9 Å². The van der Waals surface area contributed by atoms with Crippen LogP contribution >= 0.6 is 0 Å². The van der Waals surface area contributed by atoms with Crippen molar-refractivity contribution in [1.82, 2.24) is 9.97 Å². The molecule has 0 spiro atoms. The van der Waals surface area contributed by atoms with E-state index in [-0.39, 0.29) is 5.78 Å². The first-order valence-electron chi connectivity index (χ1n) is 8.50. The van der Waals surface area contributed by atoms with Gasteiger partial charge in [-0.25, -0.2) is 4.79 Å². The lowest BCUT2D eigenvalue weighted by atomic mass is 9.99. The molecule has 5 heteroatoms. The van der Waals surface area contributed by atoms with Gasteiger partial charge in [0, 0.05) is 40.6 Å². The van der Waals surface area contributed by atoms with Gasteiger partial charge < -0.3 is 9.72 Å². The van der Waals surface area contributed by atoms with Gasteiger partial charge in [0.1, 0.15) is 0 Å². The lowest BCUT2D eigenvalue weighted by Gasteiger charge is -2.17. The number of ether oxygens (including phenoxy) is 1. The molecule has 0 saturated heterocycles. The Labute approximate surface area is 155 Å². The number of para-hydroxylation sites is 1. The van der Waals surface area contributed by atoms with Crippen LogP contribution in [0.2, 0.25) is 0 Å². The van der Waals surface area contributed by atoms with E-state index in [4.69, 9.17) is 4.74 Å². The standard InChI is InChI=1S/C22H16N2O3/c25-20(18-14-24-19-9-5-4-8-17(18)19)21(15-6-2-1-3-7-15)27-22(26)16-10-12-23-13-11-16/h1-14,21,24H/t21-/m0/s1. The maximum absolute atomic E-state index is 13.3. The first-order valence-corrected chi connectivity index (χ1v) is 8.50. The second kappa shape index (κ2) is 7.25. The van der Waals surface area contributed by atoms with Crippen molar-refractivity contribution in [3.63, 3.8) is 0 Å². The second-order valence-electron chi connectivity index (χ2n) is 6.04. The molecule has 0 saturated carbocycles. The molecule has 0 bridgehead atoms. The summed E-state index contributed by atoms with van der Waals surface area (Å²) in [5.74, 6) is -0.847. The number of hydrogen-bond donors (Lipinski definition) is 1. The number of rotatable bonds is 5. The summed E-state index contributed by atoms with van der Waals surface area (Å²) in [5, 5.41) is 0.795. The van der Waals surface area contributed by atoms with Crippen LogP contribution in [0.4, 0.5) is 0 Å². The molecule has 0 aliphatic carbocycles. The highest BCUT2D eigenvalue weighted by molar-refractivity contribution is 6.11. The summed E-state index contributed by atoms with van der Waals surface area (Å²) >= 11 is 0. The first kappa shape index (κ1) is 16.7. The normalized spacial score (nSPS) is 11.9. The van der Waals surface area contributed by atoms with Crippen LogP contribution in [0, 0.1) is 0 Å². The van der Waals surface area contributed by atoms with Crippen molar-refractivity contribution < 1.29 is 14.3 Å². The van der Waals surface area contributed by atoms with Gasteiger partial charge in [-0.05, 0) is 18.2 Å². The summed E-state index contributed by atoms with van der Waals surface area (Å²) in [5.41, 5.74) is 2.31. The maximum Gasteiger partial charge on any atom is 0.339 e. The maximum atomic E-state index is 13.3. The number of fused-ring (bicyclic) bond motifs is 1. The van der Waals surface area contributed by atoms with Gasteiger partial charge in [-0.3, -0.25) is 9.78 Å². The molecule has 0 aliphatic heterocycles. The van der Waals surface area contributed by atoms with Crippen molar-refractivity contribution >= 4 is 22.7 Å². The molecular formula is C22H16N2O3. The Morgan fingerprint density at radius 2 is 1.59 bits per heavy atom. The summed E-state index contributed by atoms with van der Waals surface area (Å²) in [7, 11) is 0. The van der Waals surface area contributed by atoms with Gasteiger partial charge >= 0.3 is 5.97 Å².